The van der Waals surface area contributed by atoms with Crippen LogP contribution in [-0.4, -0.2) is 4.57 Å². The molecule has 0 fully saturated rings. The second kappa shape index (κ2) is 7.13. The fraction of sp³-hybridized carbons (Fsp3) is 0.150. The summed E-state index contributed by atoms with van der Waals surface area (Å²) in [6.07, 6.45) is 1.82. The Morgan fingerprint density at radius 3 is 2.23 bits per heavy atom. The van der Waals surface area contributed by atoms with Gasteiger partial charge in [-0.1, -0.05) is 18.2 Å². The normalized spacial score (nSPS) is 11.2. The van der Waals surface area contributed by atoms with Gasteiger partial charge in [-0.15, -0.1) is 22.7 Å². The van der Waals surface area contributed by atoms with Crippen LogP contribution >= 0.6 is 22.7 Å². The Bertz CT molecular complexity index is 1220. The summed E-state index contributed by atoms with van der Waals surface area (Å²) < 4.78 is 2.38. The topological polar surface area (TPSA) is 69.6 Å². The highest BCUT2D eigenvalue weighted by Crippen LogP contribution is 2.17. The second-order valence-corrected chi connectivity index (χ2v) is 8.19. The van der Waals surface area contributed by atoms with Crippen LogP contribution in [0.4, 0.5) is 0 Å². The van der Waals surface area contributed by atoms with Crippen molar-refractivity contribution in [3.63, 3.8) is 0 Å². The maximum absolute atomic E-state index is 13.2. The lowest BCUT2D eigenvalue weighted by Gasteiger charge is -2.10. The molecule has 128 valence electrons. The standard InChI is InChI=1S/C20H15N3OS2/c1-12-5-4-6-13(2)18(12)23-19(24)17(9-16-8-7-14(3)25-16)26-20(23)15(10-21)11-22/h4-9H,1-3H3/b17-9-. The molecule has 0 radical (unpaired) electrons. The van der Waals surface area contributed by atoms with Crippen LogP contribution < -0.4 is 14.8 Å². The van der Waals surface area contributed by atoms with E-state index in [0.29, 0.717) is 9.20 Å². The Morgan fingerprint density at radius 2 is 1.69 bits per heavy atom. The quantitative estimate of drug-likeness (QED) is 0.689. The number of aryl methyl sites for hydroxylation is 3. The van der Waals surface area contributed by atoms with Crippen molar-refractivity contribution in [2.45, 2.75) is 20.8 Å². The summed E-state index contributed by atoms with van der Waals surface area (Å²) in [5.74, 6) is 0. The van der Waals surface area contributed by atoms with Crippen molar-refractivity contribution in [2.75, 3.05) is 0 Å². The zero-order chi connectivity index (χ0) is 18.8. The predicted octanol–water partition coefficient (Wildman–Crippen LogP) is 2.91. The van der Waals surface area contributed by atoms with E-state index < -0.39 is 0 Å². The van der Waals surface area contributed by atoms with Crippen LogP contribution in [0.3, 0.4) is 0 Å². The summed E-state index contributed by atoms with van der Waals surface area (Å²) in [6.45, 7) is 5.84. The monoisotopic (exact) mass is 377 g/mol. The van der Waals surface area contributed by atoms with Gasteiger partial charge in [0.2, 0.25) is 0 Å². The average molecular weight is 377 g/mol. The summed E-state index contributed by atoms with van der Waals surface area (Å²) >= 11 is 2.77. The van der Waals surface area contributed by atoms with Crippen molar-refractivity contribution in [1.82, 2.24) is 4.57 Å². The minimum Gasteiger partial charge on any atom is -0.267 e. The molecule has 0 aliphatic rings. The smallest absolute Gasteiger partial charge is 0.267 e. The molecular weight excluding hydrogens is 362 g/mol. The van der Waals surface area contributed by atoms with Crippen LogP contribution in [0, 0.1) is 43.4 Å². The third kappa shape index (κ3) is 3.13. The molecular formula is C20H15N3OS2. The fourth-order valence-corrected chi connectivity index (χ4v) is 4.72. The van der Waals surface area contributed by atoms with Gasteiger partial charge in [0.1, 0.15) is 16.8 Å². The highest BCUT2D eigenvalue weighted by molar-refractivity contribution is 7.13. The minimum atomic E-state index is -0.212. The van der Waals surface area contributed by atoms with Gasteiger partial charge in [0.05, 0.1) is 10.2 Å². The Kier molecular flexibility index (Phi) is 4.90. The van der Waals surface area contributed by atoms with E-state index >= 15 is 0 Å². The number of thiophene rings is 1. The van der Waals surface area contributed by atoms with Crippen molar-refractivity contribution >= 4 is 34.3 Å². The largest absolute Gasteiger partial charge is 0.273 e. The predicted molar refractivity (Wildman–Crippen MR) is 106 cm³/mol. The van der Waals surface area contributed by atoms with E-state index in [1.54, 1.807) is 11.3 Å². The first-order chi connectivity index (χ1) is 12.5. The molecule has 2 aromatic heterocycles. The molecule has 26 heavy (non-hydrogen) atoms. The van der Waals surface area contributed by atoms with Gasteiger partial charge in [-0.25, -0.2) is 0 Å². The van der Waals surface area contributed by atoms with E-state index in [2.05, 4.69) is 0 Å². The zero-order valence-corrected chi connectivity index (χ0v) is 16.2. The first kappa shape index (κ1) is 17.9. The van der Waals surface area contributed by atoms with Crippen molar-refractivity contribution in [3.8, 4) is 17.8 Å². The third-order valence-electron chi connectivity index (χ3n) is 3.96. The molecule has 0 bridgehead atoms. The number of aromatic nitrogens is 1. The van der Waals surface area contributed by atoms with Gasteiger partial charge in [-0.3, -0.25) is 9.36 Å². The molecule has 0 spiro atoms. The van der Waals surface area contributed by atoms with Crippen molar-refractivity contribution in [3.05, 3.63) is 70.8 Å². The first-order valence-corrected chi connectivity index (χ1v) is 9.50. The van der Waals surface area contributed by atoms with E-state index in [1.165, 1.54) is 15.9 Å². The molecule has 0 saturated heterocycles. The molecule has 4 nitrogen and oxygen atoms in total. The number of thiazole rings is 1. The maximum atomic E-state index is 13.2. The average Bonchev–Trinajstić information content (AvgIpc) is 3.14. The van der Waals surface area contributed by atoms with Crippen LogP contribution in [0.5, 0.6) is 0 Å². The van der Waals surface area contributed by atoms with Crippen LogP contribution in [0.2, 0.25) is 0 Å². The van der Waals surface area contributed by atoms with E-state index in [4.69, 9.17) is 0 Å². The number of para-hydroxylation sites is 1. The lowest BCUT2D eigenvalue weighted by molar-refractivity contribution is 0.962. The molecule has 0 atom stereocenters. The van der Waals surface area contributed by atoms with E-state index in [0.717, 1.165) is 26.6 Å². The highest BCUT2D eigenvalue weighted by atomic mass is 32.1. The number of rotatable bonds is 2. The number of benzene rings is 1. The molecule has 1 aromatic carbocycles. The number of nitriles is 2. The number of hydrogen-bond acceptors (Lipinski definition) is 5. The molecule has 0 unspecified atom stereocenters. The molecule has 2 heterocycles. The van der Waals surface area contributed by atoms with Crippen LogP contribution in [-0.2, 0) is 0 Å². The van der Waals surface area contributed by atoms with Gasteiger partial charge in [0, 0.05) is 9.75 Å². The van der Waals surface area contributed by atoms with Gasteiger partial charge in [0.15, 0.2) is 5.57 Å². The van der Waals surface area contributed by atoms with Gasteiger partial charge in [-0.05, 0) is 50.1 Å². The van der Waals surface area contributed by atoms with E-state index in [9.17, 15) is 15.3 Å². The summed E-state index contributed by atoms with van der Waals surface area (Å²) in [5.41, 5.74) is 2.29. The Hall–Kier alpha value is -2.93. The third-order valence-corrected chi connectivity index (χ3v) is 6.00. The summed E-state index contributed by atoms with van der Waals surface area (Å²) in [5, 5.41) is 18.7. The molecule has 0 N–H and O–H groups in total. The summed E-state index contributed by atoms with van der Waals surface area (Å²) in [7, 11) is 0. The molecule has 0 aliphatic carbocycles. The zero-order valence-electron chi connectivity index (χ0n) is 14.5. The van der Waals surface area contributed by atoms with Crippen LogP contribution in [0.1, 0.15) is 20.9 Å². The number of nitrogens with zero attached hydrogens (tertiary/aromatic N) is 3. The lowest BCUT2D eigenvalue weighted by Crippen LogP contribution is -2.31. The second-order valence-electron chi connectivity index (χ2n) is 5.84. The Labute approximate surface area is 158 Å². The van der Waals surface area contributed by atoms with Crippen LogP contribution in [0.15, 0.2) is 35.1 Å². The van der Waals surface area contributed by atoms with Crippen molar-refractivity contribution in [2.24, 2.45) is 0 Å². The van der Waals surface area contributed by atoms with Gasteiger partial charge in [0.25, 0.3) is 5.56 Å². The Balaban J connectivity index is 2.48. The van der Waals surface area contributed by atoms with Gasteiger partial charge in [-0.2, -0.15) is 10.5 Å². The molecule has 6 heteroatoms. The molecule has 0 saturated carbocycles. The molecule has 3 aromatic rings. The van der Waals surface area contributed by atoms with Crippen molar-refractivity contribution in [1.29, 1.82) is 10.5 Å². The number of hydrogen-bond donors (Lipinski definition) is 0. The SMILES string of the molecule is Cc1ccc(/C=c2\sc(=C(C#N)C#N)n(-c3c(C)cccc3C)c2=O)s1. The van der Waals surface area contributed by atoms with E-state index in [1.807, 2.05) is 69.3 Å². The van der Waals surface area contributed by atoms with E-state index in [-0.39, 0.29) is 11.1 Å². The first-order valence-electron chi connectivity index (χ1n) is 7.87. The van der Waals surface area contributed by atoms with Crippen LogP contribution in [0.25, 0.3) is 17.3 Å². The maximum Gasteiger partial charge on any atom is 0.273 e. The van der Waals surface area contributed by atoms with Gasteiger partial charge < -0.3 is 0 Å². The molecule has 0 amide bonds. The highest BCUT2D eigenvalue weighted by Gasteiger charge is 2.14. The summed E-state index contributed by atoms with van der Waals surface area (Å²) in [6, 6.07) is 13.6. The summed E-state index contributed by atoms with van der Waals surface area (Å²) in [4.78, 5) is 15.3. The molecule has 0 aliphatic heterocycles. The minimum absolute atomic E-state index is 0.0586. The van der Waals surface area contributed by atoms with Gasteiger partial charge >= 0.3 is 0 Å². The van der Waals surface area contributed by atoms with Crippen molar-refractivity contribution < 1.29 is 0 Å². The Morgan fingerprint density at radius 1 is 1.04 bits per heavy atom. The molecule has 3 rings (SSSR count). The fourth-order valence-electron chi connectivity index (χ4n) is 2.79. The lowest BCUT2D eigenvalue weighted by atomic mass is 10.1.